The van der Waals surface area contributed by atoms with Crippen molar-refractivity contribution in [3.05, 3.63) is 21.8 Å². The number of hydrogen-bond donors (Lipinski definition) is 0. The lowest BCUT2D eigenvalue weighted by Crippen LogP contribution is -2.31. The quantitative estimate of drug-likeness (QED) is 0.837. The molecule has 0 amide bonds. The monoisotopic (exact) mass is 303 g/mol. The van der Waals surface area contributed by atoms with Gasteiger partial charge in [-0.25, -0.2) is 4.98 Å². The molecule has 1 aromatic heterocycles. The van der Waals surface area contributed by atoms with Crippen molar-refractivity contribution < 1.29 is 0 Å². The maximum Gasteiger partial charge on any atom is 0.147 e. The van der Waals surface area contributed by atoms with Crippen LogP contribution in [0, 0.1) is 0 Å². The predicted octanol–water partition coefficient (Wildman–Crippen LogP) is 2.64. The highest BCUT2D eigenvalue weighted by molar-refractivity contribution is 9.10. The van der Waals surface area contributed by atoms with Crippen molar-refractivity contribution >= 4 is 33.3 Å². The van der Waals surface area contributed by atoms with Crippen molar-refractivity contribution in [1.82, 2.24) is 9.88 Å². The van der Waals surface area contributed by atoms with Crippen LogP contribution < -0.4 is 4.90 Å². The maximum absolute atomic E-state index is 6.19. The van der Waals surface area contributed by atoms with Crippen molar-refractivity contribution in [3.8, 4) is 0 Å². The minimum atomic E-state index is 0.599. The van der Waals surface area contributed by atoms with Crippen molar-refractivity contribution in [2.45, 2.75) is 12.5 Å². The number of nitrogens with zero attached hydrogens (tertiary/aromatic N) is 3. The van der Waals surface area contributed by atoms with Gasteiger partial charge in [-0.2, -0.15) is 0 Å². The molecule has 1 atom stereocenters. The molecule has 1 aromatic rings. The van der Waals surface area contributed by atoms with Gasteiger partial charge >= 0.3 is 0 Å². The summed E-state index contributed by atoms with van der Waals surface area (Å²) in [5, 5.41) is 0.716. The number of halogens is 2. The van der Waals surface area contributed by atoms with Crippen LogP contribution in [0.1, 0.15) is 6.42 Å². The molecule has 1 unspecified atom stereocenters. The van der Waals surface area contributed by atoms with Gasteiger partial charge in [0.1, 0.15) is 5.82 Å². The topological polar surface area (TPSA) is 19.4 Å². The molecule has 1 fully saturated rings. The molecule has 3 nitrogen and oxygen atoms in total. The summed E-state index contributed by atoms with van der Waals surface area (Å²) < 4.78 is 0.921. The van der Waals surface area contributed by atoms with Crippen LogP contribution in [0.4, 0.5) is 5.82 Å². The highest BCUT2D eigenvalue weighted by atomic mass is 79.9. The van der Waals surface area contributed by atoms with E-state index in [0.717, 1.165) is 23.4 Å². The van der Waals surface area contributed by atoms with Crippen LogP contribution in [-0.4, -0.2) is 43.1 Å². The highest BCUT2D eigenvalue weighted by Gasteiger charge is 2.26. The molecule has 2 heterocycles. The summed E-state index contributed by atoms with van der Waals surface area (Å²) in [6.45, 7) is 2.03. The fourth-order valence-corrected chi connectivity index (χ4v) is 2.74. The molecule has 1 aliphatic heterocycles. The van der Waals surface area contributed by atoms with Gasteiger partial charge in [0, 0.05) is 29.8 Å². The number of hydrogen-bond acceptors (Lipinski definition) is 3. The van der Waals surface area contributed by atoms with Gasteiger partial charge in [0.05, 0.1) is 5.02 Å². The number of likely N-dealkylation sites (N-methyl/N-ethyl adjacent to an activating group) is 1. The molecule has 0 aromatic carbocycles. The molecule has 0 radical (unpaired) electrons. The van der Waals surface area contributed by atoms with Gasteiger partial charge in [0.15, 0.2) is 0 Å². The largest absolute Gasteiger partial charge is 0.354 e. The fraction of sp³-hybridized carbons (Fsp3) is 0.545. The predicted molar refractivity (Wildman–Crippen MR) is 71.3 cm³/mol. The Kier molecular flexibility index (Phi) is 3.72. The number of anilines is 1. The summed E-state index contributed by atoms with van der Waals surface area (Å²) in [5.74, 6) is 0.897. The Morgan fingerprint density at radius 1 is 1.56 bits per heavy atom. The van der Waals surface area contributed by atoms with Crippen LogP contribution >= 0.6 is 27.5 Å². The van der Waals surface area contributed by atoms with Crippen LogP contribution in [0.2, 0.25) is 5.02 Å². The molecule has 0 N–H and O–H groups in total. The second-order valence-corrected chi connectivity index (χ2v) is 5.63. The standard InChI is InChI=1S/C11H15BrClN3/c1-15(2)9-3-4-16(7-9)11-10(13)5-8(12)6-14-11/h5-6,9H,3-4,7H2,1-2H3. The fourth-order valence-electron chi connectivity index (χ4n) is 2.00. The molecule has 1 aliphatic rings. The van der Waals surface area contributed by atoms with Crippen molar-refractivity contribution in [2.24, 2.45) is 0 Å². The van der Waals surface area contributed by atoms with Crippen molar-refractivity contribution in [2.75, 3.05) is 32.1 Å². The molecule has 1 saturated heterocycles. The van der Waals surface area contributed by atoms with Gasteiger partial charge < -0.3 is 9.80 Å². The van der Waals surface area contributed by atoms with Crippen LogP contribution in [0.15, 0.2) is 16.7 Å². The van der Waals surface area contributed by atoms with E-state index in [0.29, 0.717) is 11.1 Å². The average Bonchev–Trinajstić information content (AvgIpc) is 2.66. The average molecular weight is 305 g/mol. The second kappa shape index (κ2) is 4.90. The lowest BCUT2D eigenvalue weighted by molar-refractivity contribution is 0.315. The van der Waals surface area contributed by atoms with E-state index in [4.69, 9.17) is 11.6 Å². The third-order valence-electron chi connectivity index (χ3n) is 2.98. The van der Waals surface area contributed by atoms with Gasteiger partial charge in [-0.1, -0.05) is 11.6 Å². The third kappa shape index (κ3) is 2.50. The number of rotatable bonds is 2. The Bertz CT molecular complexity index is 383. The molecule has 5 heteroatoms. The van der Waals surface area contributed by atoms with E-state index >= 15 is 0 Å². The summed E-state index contributed by atoms with van der Waals surface area (Å²) >= 11 is 9.56. The number of pyridine rings is 1. The van der Waals surface area contributed by atoms with E-state index in [2.05, 4.69) is 44.8 Å². The molecule has 2 rings (SSSR count). The lowest BCUT2D eigenvalue weighted by Gasteiger charge is -2.21. The van der Waals surface area contributed by atoms with E-state index in [1.807, 2.05) is 6.07 Å². The maximum atomic E-state index is 6.19. The van der Waals surface area contributed by atoms with Gasteiger partial charge in [-0.15, -0.1) is 0 Å². The van der Waals surface area contributed by atoms with Crippen molar-refractivity contribution in [1.29, 1.82) is 0 Å². The smallest absolute Gasteiger partial charge is 0.147 e. The number of aromatic nitrogens is 1. The Morgan fingerprint density at radius 3 is 2.88 bits per heavy atom. The molecule has 88 valence electrons. The molecular formula is C11H15BrClN3. The van der Waals surface area contributed by atoms with Gasteiger partial charge in [0.25, 0.3) is 0 Å². The van der Waals surface area contributed by atoms with E-state index in [-0.39, 0.29) is 0 Å². The first kappa shape index (κ1) is 12.1. The molecular weight excluding hydrogens is 289 g/mol. The molecule has 0 bridgehead atoms. The minimum Gasteiger partial charge on any atom is -0.354 e. The highest BCUT2D eigenvalue weighted by Crippen LogP contribution is 2.29. The van der Waals surface area contributed by atoms with E-state index in [1.165, 1.54) is 6.42 Å². The molecule has 0 aliphatic carbocycles. The van der Waals surface area contributed by atoms with Crippen LogP contribution in [0.5, 0.6) is 0 Å². The van der Waals surface area contributed by atoms with Crippen LogP contribution in [-0.2, 0) is 0 Å². The first-order chi connectivity index (χ1) is 7.58. The molecule has 0 saturated carbocycles. The van der Waals surface area contributed by atoms with Gasteiger partial charge in [-0.3, -0.25) is 0 Å². The van der Waals surface area contributed by atoms with E-state index < -0.39 is 0 Å². The molecule has 16 heavy (non-hydrogen) atoms. The summed E-state index contributed by atoms with van der Waals surface area (Å²) in [5.41, 5.74) is 0. The lowest BCUT2D eigenvalue weighted by atomic mass is 10.2. The van der Waals surface area contributed by atoms with E-state index in [1.54, 1.807) is 6.20 Å². The zero-order valence-corrected chi connectivity index (χ0v) is 11.8. The third-order valence-corrected chi connectivity index (χ3v) is 3.69. The van der Waals surface area contributed by atoms with Crippen LogP contribution in [0.3, 0.4) is 0 Å². The van der Waals surface area contributed by atoms with Crippen LogP contribution in [0.25, 0.3) is 0 Å². The second-order valence-electron chi connectivity index (χ2n) is 4.31. The Hall–Kier alpha value is -0.320. The summed E-state index contributed by atoms with van der Waals surface area (Å²) in [6.07, 6.45) is 2.96. The minimum absolute atomic E-state index is 0.599. The summed E-state index contributed by atoms with van der Waals surface area (Å²) in [4.78, 5) is 8.89. The Balaban J connectivity index is 2.14. The SMILES string of the molecule is CN(C)C1CCN(c2ncc(Br)cc2Cl)C1. The first-order valence-corrected chi connectivity index (χ1v) is 6.47. The summed E-state index contributed by atoms with van der Waals surface area (Å²) in [6, 6.07) is 2.49. The van der Waals surface area contributed by atoms with Crippen molar-refractivity contribution in [3.63, 3.8) is 0 Å². The van der Waals surface area contributed by atoms with Gasteiger partial charge in [0.2, 0.25) is 0 Å². The van der Waals surface area contributed by atoms with E-state index in [9.17, 15) is 0 Å². The Labute approximate surface area is 110 Å². The Morgan fingerprint density at radius 2 is 2.31 bits per heavy atom. The molecule has 0 spiro atoms. The summed E-state index contributed by atoms with van der Waals surface area (Å²) in [7, 11) is 4.23. The normalized spacial score (nSPS) is 20.8. The zero-order valence-electron chi connectivity index (χ0n) is 9.45. The zero-order chi connectivity index (χ0) is 11.7. The van der Waals surface area contributed by atoms with Gasteiger partial charge in [-0.05, 0) is 42.5 Å². The first-order valence-electron chi connectivity index (χ1n) is 5.30.